The van der Waals surface area contributed by atoms with Gasteiger partial charge in [-0.3, -0.25) is 0 Å². The van der Waals surface area contributed by atoms with Crippen LogP contribution in [0, 0.1) is 0 Å². The molecule has 0 fully saturated rings. The fourth-order valence-electron chi connectivity index (χ4n) is 2.84. The van der Waals surface area contributed by atoms with Crippen molar-refractivity contribution in [3.63, 3.8) is 0 Å². The van der Waals surface area contributed by atoms with E-state index in [0.717, 1.165) is 0 Å². The van der Waals surface area contributed by atoms with Crippen LogP contribution in [0.4, 0.5) is 0 Å². The summed E-state index contributed by atoms with van der Waals surface area (Å²) >= 11 is 0. The molecule has 1 atom stereocenters. The molecule has 0 bridgehead atoms. The highest BCUT2D eigenvalue weighted by Gasteiger charge is 2.39. The average molecular weight is 197 g/mol. The largest absolute Gasteiger partial charge is 0.321 e. The Morgan fingerprint density at radius 1 is 1.20 bits per heavy atom. The van der Waals surface area contributed by atoms with Crippen molar-refractivity contribution in [2.24, 2.45) is 5.73 Å². The van der Waals surface area contributed by atoms with Crippen LogP contribution in [0.5, 0.6) is 0 Å². The smallest absolute Gasteiger partial charge is 0.0493 e. The van der Waals surface area contributed by atoms with Gasteiger partial charge in [-0.2, -0.15) is 0 Å². The second-order valence-electron chi connectivity index (χ2n) is 4.88. The summed E-state index contributed by atoms with van der Waals surface area (Å²) in [7, 11) is 0. The van der Waals surface area contributed by atoms with Gasteiger partial charge in [-0.25, -0.2) is 0 Å². The zero-order valence-electron chi connectivity index (χ0n) is 9.12. The van der Waals surface area contributed by atoms with Gasteiger partial charge in [-0.05, 0) is 22.3 Å². The molecule has 2 N–H and O–H groups in total. The SMILES string of the molecule is CC1(C)C2=C(c3ccccc31)C(N)C=C2. The number of hydrogen-bond donors (Lipinski definition) is 1. The van der Waals surface area contributed by atoms with Crippen LogP contribution >= 0.6 is 0 Å². The standard InChI is InChI=1S/C14H15N/c1-14(2)10-6-4-3-5-9(10)13-11(14)7-8-12(13)15/h3-8,12H,15H2,1-2H3. The van der Waals surface area contributed by atoms with E-state index in [0.29, 0.717) is 0 Å². The number of rotatable bonds is 0. The third-order valence-corrected chi connectivity index (χ3v) is 3.66. The van der Waals surface area contributed by atoms with E-state index in [9.17, 15) is 0 Å². The third-order valence-electron chi connectivity index (χ3n) is 3.66. The monoisotopic (exact) mass is 197 g/mol. The second-order valence-corrected chi connectivity index (χ2v) is 4.88. The minimum absolute atomic E-state index is 0.0860. The Hall–Kier alpha value is -1.34. The van der Waals surface area contributed by atoms with Crippen LogP contribution in [0.1, 0.15) is 25.0 Å². The van der Waals surface area contributed by atoms with Gasteiger partial charge in [0.2, 0.25) is 0 Å². The van der Waals surface area contributed by atoms with Crippen LogP contribution < -0.4 is 5.73 Å². The lowest BCUT2D eigenvalue weighted by Crippen LogP contribution is -2.16. The molecule has 0 aromatic heterocycles. The molecule has 0 heterocycles. The summed E-state index contributed by atoms with van der Waals surface area (Å²) in [5.41, 5.74) is 11.7. The summed E-state index contributed by atoms with van der Waals surface area (Å²) < 4.78 is 0. The van der Waals surface area contributed by atoms with Crippen molar-refractivity contribution in [3.8, 4) is 0 Å². The molecule has 1 nitrogen and oxygen atoms in total. The number of hydrogen-bond acceptors (Lipinski definition) is 1. The van der Waals surface area contributed by atoms with Crippen molar-refractivity contribution in [2.45, 2.75) is 25.3 Å². The molecule has 76 valence electrons. The predicted octanol–water partition coefficient (Wildman–Crippen LogP) is 2.63. The lowest BCUT2D eigenvalue weighted by atomic mass is 9.81. The fraction of sp³-hybridized carbons (Fsp3) is 0.286. The maximum absolute atomic E-state index is 6.11. The summed E-state index contributed by atoms with van der Waals surface area (Å²) in [4.78, 5) is 0. The summed E-state index contributed by atoms with van der Waals surface area (Å²) in [6.45, 7) is 4.55. The zero-order valence-corrected chi connectivity index (χ0v) is 9.12. The van der Waals surface area contributed by atoms with Crippen LogP contribution in [0.15, 0.2) is 42.0 Å². The molecule has 1 aromatic carbocycles. The van der Waals surface area contributed by atoms with E-state index < -0.39 is 0 Å². The molecule has 0 saturated carbocycles. The maximum Gasteiger partial charge on any atom is 0.0493 e. The van der Waals surface area contributed by atoms with Gasteiger partial charge in [-0.15, -0.1) is 0 Å². The Bertz CT molecular complexity index is 492. The molecule has 2 aliphatic rings. The molecule has 0 spiro atoms. The van der Waals surface area contributed by atoms with Gasteiger partial charge in [0.1, 0.15) is 0 Å². The van der Waals surface area contributed by atoms with Gasteiger partial charge in [0.15, 0.2) is 0 Å². The Balaban J connectivity index is 2.32. The lowest BCUT2D eigenvalue weighted by molar-refractivity contribution is 0.655. The molecule has 0 saturated heterocycles. The first-order valence-corrected chi connectivity index (χ1v) is 5.40. The van der Waals surface area contributed by atoms with Gasteiger partial charge < -0.3 is 5.73 Å². The molecule has 0 aliphatic heterocycles. The quantitative estimate of drug-likeness (QED) is 0.679. The molecule has 1 unspecified atom stereocenters. The number of nitrogens with two attached hydrogens (primary N) is 1. The lowest BCUT2D eigenvalue weighted by Gasteiger charge is -2.22. The third kappa shape index (κ3) is 0.963. The van der Waals surface area contributed by atoms with Crippen LogP contribution in [0.2, 0.25) is 0 Å². The van der Waals surface area contributed by atoms with Crippen molar-refractivity contribution in [1.82, 2.24) is 0 Å². The molecule has 2 aliphatic carbocycles. The fourth-order valence-corrected chi connectivity index (χ4v) is 2.84. The number of allylic oxidation sites excluding steroid dienone is 2. The number of benzene rings is 1. The average Bonchev–Trinajstić information content (AvgIpc) is 2.69. The summed E-state index contributed by atoms with van der Waals surface area (Å²) in [5, 5.41) is 0. The van der Waals surface area contributed by atoms with Gasteiger partial charge in [-0.1, -0.05) is 50.3 Å². The molecule has 1 heteroatoms. The summed E-state index contributed by atoms with van der Waals surface area (Å²) in [6, 6.07) is 8.69. The van der Waals surface area contributed by atoms with E-state index in [2.05, 4.69) is 50.3 Å². The molecular weight excluding hydrogens is 182 g/mol. The van der Waals surface area contributed by atoms with E-state index in [4.69, 9.17) is 5.73 Å². The Morgan fingerprint density at radius 2 is 1.93 bits per heavy atom. The van der Waals surface area contributed by atoms with Gasteiger partial charge in [0.25, 0.3) is 0 Å². The molecular formula is C14H15N. The van der Waals surface area contributed by atoms with Crippen LogP contribution in [0.3, 0.4) is 0 Å². The minimum Gasteiger partial charge on any atom is -0.321 e. The normalized spacial score (nSPS) is 25.7. The maximum atomic E-state index is 6.11. The van der Waals surface area contributed by atoms with Gasteiger partial charge in [0.05, 0.1) is 0 Å². The van der Waals surface area contributed by atoms with Gasteiger partial charge >= 0.3 is 0 Å². The summed E-state index contributed by atoms with van der Waals surface area (Å²) in [6.07, 6.45) is 4.29. The van der Waals surface area contributed by atoms with Crippen molar-refractivity contribution >= 4 is 5.57 Å². The Kier molecular flexibility index (Phi) is 1.56. The van der Waals surface area contributed by atoms with E-state index >= 15 is 0 Å². The molecule has 15 heavy (non-hydrogen) atoms. The van der Waals surface area contributed by atoms with E-state index in [1.165, 1.54) is 22.3 Å². The molecule has 3 rings (SSSR count). The minimum atomic E-state index is 0.0860. The number of fused-ring (bicyclic) bond motifs is 2. The molecule has 1 aromatic rings. The Morgan fingerprint density at radius 3 is 2.73 bits per heavy atom. The van der Waals surface area contributed by atoms with E-state index in [1.54, 1.807) is 0 Å². The first-order chi connectivity index (χ1) is 7.12. The van der Waals surface area contributed by atoms with Crippen LogP contribution in [-0.2, 0) is 5.41 Å². The predicted molar refractivity (Wildman–Crippen MR) is 63.5 cm³/mol. The summed E-state index contributed by atoms with van der Waals surface area (Å²) in [5.74, 6) is 0. The molecule has 0 radical (unpaired) electrons. The highest BCUT2D eigenvalue weighted by Crippen LogP contribution is 2.49. The van der Waals surface area contributed by atoms with Gasteiger partial charge in [0, 0.05) is 11.5 Å². The van der Waals surface area contributed by atoms with Crippen LogP contribution in [0.25, 0.3) is 5.57 Å². The zero-order chi connectivity index (χ0) is 10.6. The second kappa shape index (κ2) is 2.61. The van der Waals surface area contributed by atoms with Crippen molar-refractivity contribution < 1.29 is 0 Å². The first kappa shape index (κ1) is 8.93. The van der Waals surface area contributed by atoms with Crippen molar-refractivity contribution in [3.05, 3.63) is 53.1 Å². The van der Waals surface area contributed by atoms with E-state index in [1.807, 2.05) is 0 Å². The van der Waals surface area contributed by atoms with Crippen molar-refractivity contribution in [2.75, 3.05) is 0 Å². The van der Waals surface area contributed by atoms with E-state index in [-0.39, 0.29) is 11.5 Å². The van der Waals surface area contributed by atoms with Crippen molar-refractivity contribution in [1.29, 1.82) is 0 Å². The topological polar surface area (TPSA) is 26.0 Å². The highest BCUT2D eigenvalue weighted by atomic mass is 14.7. The highest BCUT2D eigenvalue weighted by molar-refractivity contribution is 5.88. The molecule has 0 amide bonds. The Labute approximate surface area is 90.3 Å². The van der Waals surface area contributed by atoms with Crippen LogP contribution in [-0.4, -0.2) is 6.04 Å². The first-order valence-electron chi connectivity index (χ1n) is 5.40.